The molecule has 0 aliphatic rings. The Kier molecular flexibility index (Phi) is 5.34. The van der Waals surface area contributed by atoms with E-state index in [1.807, 2.05) is 54.6 Å². The summed E-state index contributed by atoms with van der Waals surface area (Å²) in [5.41, 5.74) is 2.34. The molecule has 0 radical (unpaired) electrons. The second kappa shape index (κ2) is 8.03. The zero-order valence-electron chi connectivity index (χ0n) is 14.0. The highest BCUT2D eigenvalue weighted by Gasteiger charge is 2.12. The molecule has 0 saturated heterocycles. The molecule has 26 heavy (non-hydrogen) atoms. The molecule has 0 unspecified atom stereocenters. The van der Waals surface area contributed by atoms with E-state index in [9.17, 15) is 15.0 Å². The van der Waals surface area contributed by atoms with Crippen LogP contribution in [0.1, 0.15) is 16.7 Å². The summed E-state index contributed by atoms with van der Waals surface area (Å²) in [5.74, 6) is -0.354. The molecule has 0 aliphatic heterocycles. The predicted octanol–water partition coefficient (Wildman–Crippen LogP) is 4.60. The van der Waals surface area contributed by atoms with Crippen LogP contribution in [0.15, 0.2) is 78.9 Å². The lowest BCUT2D eigenvalue weighted by molar-refractivity contribution is -0.130. The highest BCUT2D eigenvalue weighted by molar-refractivity contribution is 6.20. The van der Waals surface area contributed by atoms with E-state index >= 15 is 0 Å². The van der Waals surface area contributed by atoms with E-state index in [4.69, 9.17) is 4.74 Å². The van der Waals surface area contributed by atoms with Gasteiger partial charge in [0.1, 0.15) is 18.1 Å². The van der Waals surface area contributed by atoms with E-state index in [1.165, 1.54) is 12.1 Å². The number of phenolic OH excluding ortho intramolecular Hbond substituents is 1. The lowest BCUT2D eigenvalue weighted by Gasteiger charge is -2.10. The van der Waals surface area contributed by atoms with Crippen molar-refractivity contribution in [3.8, 4) is 11.5 Å². The Bertz CT molecular complexity index is 912. The standard InChI is InChI=1S/C22H18O4/c23-19-12-10-17(11-13-19)20(22(24)25)14-18-8-4-5-9-21(18)26-15-16-6-2-1-3-7-16/h1-14,23H,15H2,(H,24,25)/b20-14-. The van der Waals surface area contributed by atoms with E-state index < -0.39 is 5.97 Å². The van der Waals surface area contributed by atoms with E-state index in [1.54, 1.807) is 18.2 Å². The highest BCUT2D eigenvalue weighted by Crippen LogP contribution is 2.26. The van der Waals surface area contributed by atoms with Gasteiger partial charge in [-0.3, -0.25) is 0 Å². The molecular formula is C22H18O4. The Labute approximate surface area is 151 Å². The fourth-order valence-corrected chi connectivity index (χ4v) is 2.53. The van der Waals surface area contributed by atoms with Crippen molar-refractivity contribution < 1.29 is 19.7 Å². The van der Waals surface area contributed by atoms with Crippen molar-refractivity contribution in [3.05, 3.63) is 95.6 Å². The molecule has 3 aromatic carbocycles. The number of phenols is 1. The van der Waals surface area contributed by atoms with Gasteiger partial charge in [0, 0.05) is 5.56 Å². The lowest BCUT2D eigenvalue weighted by Crippen LogP contribution is -2.01. The first kappa shape index (κ1) is 17.3. The zero-order valence-corrected chi connectivity index (χ0v) is 14.0. The minimum atomic E-state index is -1.05. The lowest BCUT2D eigenvalue weighted by atomic mass is 10.0. The molecule has 0 atom stereocenters. The molecule has 0 aromatic heterocycles. The summed E-state index contributed by atoms with van der Waals surface area (Å²) in [6.07, 6.45) is 1.58. The number of carboxylic acids is 1. The summed E-state index contributed by atoms with van der Waals surface area (Å²) in [4.78, 5) is 11.7. The van der Waals surface area contributed by atoms with E-state index in [0.29, 0.717) is 23.5 Å². The Morgan fingerprint density at radius 1 is 0.885 bits per heavy atom. The molecular weight excluding hydrogens is 328 g/mol. The number of benzene rings is 3. The molecule has 3 aromatic rings. The molecule has 0 heterocycles. The van der Waals surface area contributed by atoms with Crippen molar-refractivity contribution in [3.63, 3.8) is 0 Å². The van der Waals surface area contributed by atoms with Gasteiger partial charge in [0.05, 0.1) is 5.57 Å². The fraction of sp³-hybridized carbons (Fsp3) is 0.0455. The van der Waals surface area contributed by atoms with Gasteiger partial charge in [-0.05, 0) is 35.4 Å². The Balaban J connectivity index is 1.90. The summed E-state index contributed by atoms with van der Waals surface area (Å²) in [6.45, 7) is 0.396. The monoisotopic (exact) mass is 346 g/mol. The van der Waals surface area contributed by atoms with Crippen molar-refractivity contribution in [2.75, 3.05) is 0 Å². The smallest absolute Gasteiger partial charge is 0.336 e. The van der Waals surface area contributed by atoms with E-state index in [-0.39, 0.29) is 11.3 Å². The number of ether oxygens (including phenoxy) is 1. The third-order valence-corrected chi connectivity index (χ3v) is 3.86. The molecule has 3 rings (SSSR count). The second-order valence-corrected chi connectivity index (χ2v) is 5.72. The van der Waals surface area contributed by atoms with Gasteiger partial charge in [-0.25, -0.2) is 4.79 Å². The highest BCUT2D eigenvalue weighted by atomic mass is 16.5. The summed E-state index contributed by atoms with van der Waals surface area (Å²) in [6, 6.07) is 23.1. The summed E-state index contributed by atoms with van der Waals surface area (Å²) >= 11 is 0. The van der Waals surface area contributed by atoms with Gasteiger partial charge < -0.3 is 14.9 Å². The van der Waals surface area contributed by atoms with Gasteiger partial charge in [-0.15, -0.1) is 0 Å². The zero-order chi connectivity index (χ0) is 18.4. The molecule has 0 spiro atoms. The molecule has 0 saturated carbocycles. The number of rotatable bonds is 6. The normalized spacial score (nSPS) is 11.2. The molecule has 4 heteroatoms. The number of carbonyl (C=O) groups is 1. The Morgan fingerprint density at radius 3 is 2.23 bits per heavy atom. The third-order valence-electron chi connectivity index (χ3n) is 3.86. The third kappa shape index (κ3) is 4.30. The first-order chi connectivity index (χ1) is 12.6. The number of hydrogen-bond acceptors (Lipinski definition) is 3. The van der Waals surface area contributed by atoms with Gasteiger partial charge in [-0.2, -0.15) is 0 Å². The average Bonchev–Trinajstić information content (AvgIpc) is 2.67. The van der Waals surface area contributed by atoms with Crippen LogP contribution in [-0.4, -0.2) is 16.2 Å². The van der Waals surface area contributed by atoms with E-state index in [0.717, 1.165) is 5.56 Å². The van der Waals surface area contributed by atoms with Crippen LogP contribution in [0.3, 0.4) is 0 Å². The van der Waals surface area contributed by atoms with E-state index in [2.05, 4.69) is 0 Å². The van der Waals surface area contributed by atoms with Gasteiger partial charge in [0.2, 0.25) is 0 Å². The van der Waals surface area contributed by atoms with Crippen molar-refractivity contribution in [2.45, 2.75) is 6.61 Å². The van der Waals surface area contributed by atoms with Crippen molar-refractivity contribution in [2.24, 2.45) is 0 Å². The number of carboxylic acid groups (broad SMARTS) is 1. The maximum atomic E-state index is 11.7. The summed E-state index contributed by atoms with van der Waals surface area (Å²) < 4.78 is 5.88. The first-order valence-corrected chi connectivity index (χ1v) is 8.13. The van der Waals surface area contributed by atoms with Gasteiger partial charge in [0.25, 0.3) is 0 Å². The molecule has 0 amide bonds. The van der Waals surface area contributed by atoms with Crippen LogP contribution in [0, 0.1) is 0 Å². The Morgan fingerprint density at radius 2 is 1.54 bits per heavy atom. The Hall–Kier alpha value is -3.53. The molecule has 130 valence electrons. The van der Waals surface area contributed by atoms with Crippen molar-refractivity contribution in [1.82, 2.24) is 0 Å². The number of hydrogen-bond donors (Lipinski definition) is 2. The van der Waals surface area contributed by atoms with Crippen molar-refractivity contribution in [1.29, 1.82) is 0 Å². The van der Waals surface area contributed by atoms with Crippen molar-refractivity contribution >= 4 is 17.6 Å². The first-order valence-electron chi connectivity index (χ1n) is 8.13. The van der Waals surface area contributed by atoms with Crippen LogP contribution in [-0.2, 0) is 11.4 Å². The second-order valence-electron chi connectivity index (χ2n) is 5.72. The quantitative estimate of drug-likeness (QED) is 0.506. The molecule has 0 fully saturated rings. The number of aromatic hydroxyl groups is 1. The average molecular weight is 346 g/mol. The maximum Gasteiger partial charge on any atom is 0.336 e. The SMILES string of the molecule is O=C(O)/C(=C\c1ccccc1OCc1ccccc1)c1ccc(O)cc1. The summed E-state index contributed by atoms with van der Waals surface area (Å²) in [7, 11) is 0. The van der Waals surface area contributed by atoms with Gasteiger partial charge >= 0.3 is 5.97 Å². The maximum absolute atomic E-state index is 11.7. The van der Waals surface area contributed by atoms with Crippen LogP contribution in [0.2, 0.25) is 0 Å². The summed E-state index contributed by atoms with van der Waals surface area (Å²) in [5, 5.41) is 19.0. The van der Waals surface area contributed by atoms with Crippen LogP contribution >= 0.6 is 0 Å². The molecule has 4 nitrogen and oxygen atoms in total. The van der Waals surface area contributed by atoms with Gasteiger partial charge in [0.15, 0.2) is 0 Å². The van der Waals surface area contributed by atoms with Crippen LogP contribution in [0.4, 0.5) is 0 Å². The predicted molar refractivity (Wildman–Crippen MR) is 101 cm³/mol. The topological polar surface area (TPSA) is 66.8 Å². The number of para-hydroxylation sites is 1. The minimum absolute atomic E-state index is 0.0880. The van der Waals surface area contributed by atoms with Crippen LogP contribution in [0.5, 0.6) is 11.5 Å². The minimum Gasteiger partial charge on any atom is -0.508 e. The van der Waals surface area contributed by atoms with Crippen LogP contribution < -0.4 is 4.74 Å². The molecule has 2 N–H and O–H groups in total. The fourth-order valence-electron chi connectivity index (χ4n) is 2.53. The van der Waals surface area contributed by atoms with Gasteiger partial charge in [-0.1, -0.05) is 60.7 Å². The largest absolute Gasteiger partial charge is 0.508 e. The number of aliphatic carboxylic acids is 1. The van der Waals surface area contributed by atoms with Crippen LogP contribution in [0.25, 0.3) is 11.6 Å². The molecule has 0 bridgehead atoms. The molecule has 0 aliphatic carbocycles.